The molecule has 4 heteroatoms. The number of nitrogens with zero attached hydrogens (tertiary/aromatic N) is 2. The molecule has 3 nitrogen and oxygen atoms in total. The topological polar surface area (TPSA) is 35.0 Å². The van der Waals surface area contributed by atoms with Crippen LogP contribution in [0.4, 0.5) is 0 Å². The van der Waals surface area contributed by atoms with E-state index >= 15 is 0 Å². The molecule has 0 atom stereocenters. The van der Waals surface area contributed by atoms with Crippen LogP contribution in [-0.2, 0) is 0 Å². The van der Waals surface area contributed by atoms with Crippen molar-refractivity contribution in [2.45, 2.75) is 0 Å². The van der Waals surface area contributed by atoms with Crippen molar-refractivity contribution in [3.8, 4) is 17.1 Å². The summed E-state index contributed by atoms with van der Waals surface area (Å²) in [6.07, 6.45) is 0. The number of ether oxygens (including phenoxy) is 1. The fraction of sp³-hybridized carbons (Fsp3) is 0.0667. The lowest BCUT2D eigenvalue weighted by Gasteiger charge is -2.06. The third-order valence-corrected chi connectivity index (χ3v) is 3.18. The number of aromatic nitrogens is 2. The quantitative estimate of drug-likeness (QED) is 0.661. The van der Waals surface area contributed by atoms with E-state index in [9.17, 15) is 0 Å². The number of hydrogen-bond donors (Lipinski definition) is 0. The van der Waals surface area contributed by atoms with Gasteiger partial charge in [-0.25, -0.2) is 9.97 Å². The molecular weight excluding hydrogens is 260 g/mol. The SMILES string of the molecule is COc1ccc2nc(-c3ccccc3)nc(Cl)c2c1. The van der Waals surface area contributed by atoms with Gasteiger partial charge in [0.1, 0.15) is 10.9 Å². The lowest BCUT2D eigenvalue weighted by atomic mass is 10.2. The van der Waals surface area contributed by atoms with Crippen LogP contribution < -0.4 is 4.74 Å². The predicted octanol–water partition coefficient (Wildman–Crippen LogP) is 3.96. The van der Waals surface area contributed by atoms with Crippen LogP contribution in [0.25, 0.3) is 22.3 Å². The second-order valence-corrected chi connectivity index (χ2v) is 4.45. The lowest BCUT2D eigenvalue weighted by molar-refractivity contribution is 0.415. The van der Waals surface area contributed by atoms with E-state index in [1.165, 1.54) is 0 Å². The Balaban J connectivity index is 2.20. The molecule has 0 radical (unpaired) electrons. The summed E-state index contributed by atoms with van der Waals surface area (Å²) in [5.41, 5.74) is 1.75. The second-order valence-electron chi connectivity index (χ2n) is 4.09. The summed E-state index contributed by atoms with van der Waals surface area (Å²) >= 11 is 6.23. The van der Waals surface area contributed by atoms with Crippen LogP contribution in [0.5, 0.6) is 5.75 Å². The third-order valence-electron chi connectivity index (χ3n) is 2.89. The number of methoxy groups -OCH3 is 1. The Kier molecular flexibility index (Phi) is 3.05. The zero-order valence-corrected chi connectivity index (χ0v) is 11.1. The van der Waals surface area contributed by atoms with E-state index in [4.69, 9.17) is 16.3 Å². The minimum atomic E-state index is 0.433. The van der Waals surface area contributed by atoms with E-state index in [0.717, 1.165) is 22.2 Å². The Bertz CT molecular complexity index is 729. The summed E-state index contributed by atoms with van der Waals surface area (Å²) in [4.78, 5) is 8.88. The molecule has 3 rings (SSSR count). The van der Waals surface area contributed by atoms with Crippen molar-refractivity contribution in [1.82, 2.24) is 9.97 Å². The summed E-state index contributed by atoms with van der Waals surface area (Å²) in [7, 11) is 1.62. The fourth-order valence-electron chi connectivity index (χ4n) is 1.91. The molecule has 0 aliphatic rings. The first-order chi connectivity index (χ1) is 9.28. The van der Waals surface area contributed by atoms with Gasteiger partial charge in [-0.05, 0) is 18.2 Å². The summed E-state index contributed by atoms with van der Waals surface area (Å²) in [5.74, 6) is 1.37. The van der Waals surface area contributed by atoms with Gasteiger partial charge in [0.2, 0.25) is 0 Å². The predicted molar refractivity (Wildman–Crippen MR) is 76.5 cm³/mol. The molecule has 19 heavy (non-hydrogen) atoms. The Morgan fingerprint density at radius 1 is 1.00 bits per heavy atom. The van der Waals surface area contributed by atoms with Gasteiger partial charge in [0, 0.05) is 10.9 Å². The van der Waals surface area contributed by atoms with Crippen molar-refractivity contribution >= 4 is 22.5 Å². The van der Waals surface area contributed by atoms with Gasteiger partial charge in [-0.2, -0.15) is 0 Å². The molecule has 0 saturated heterocycles. The highest BCUT2D eigenvalue weighted by molar-refractivity contribution is 6.34. The van der Waals surface area contributed by atoms with E-state index in [2.05, 4.69) is 9.97 Å². The highest BCUT2D eigenvalue weighted by Crippen LogP contribution is 2.27. The molecule has 3 aromatic rings. The number of hydrogen-bond acceptors (Lipinski definition) is 3. The molecule has 0 bridgehead atoms. The van der Waals surface area contributed by atoms with E-state index in [1.54, 1.807) is 7.11 Å². The van der Waals surface area contributed by atoms with Gasteiger partial charge in [0.05, 0.1) is 12.6 Å². The summed E-state index contributed by atoms with van der Waals surface area (Å²) in [6, 6.07) is 15.4. The van der Waals surface area contributed by atoms with Crippen LogP contribution in [0.15, 0.2) is 48.5 Å². The summed E-state index contributed by atoms with van der Waals surface area (Å²) in [5, 5.41) is 1.23. The molecule has 94 valence electrons. The van der Waals surface area contributed by atoms with E-state index in [-0.39, 0.29) is 0 Å². The molecular formula is C15H11ClN2O. The van der Waals surface area contributed by atoms with Crippen LogP contribution >= 0.6 is 11.6 Å². The summed E-state index contributed by atoms with van der Waals surface area (Å²) in [6.45, 7) is 0. The lowest BCUT2D eigenvalue weighted by Crippen LogP contribution is -1.92. The molecule has 1 heterocycles. The first kappa shape index (κ1) is 11.9. The fourth-order valence-corrected chi connectivity index (χ4v) is 2.14. The maximum Gasteiger partial charge on any atom is 0.161 e. The van der Waals surface area contributed by atoms with Gasteiger partial charge < -0.3 is 4.74 Å². The van der Waals surface area contributed by atoms with Gasteiger partial charge in [0.15, 0.2) is 5.82 Å². The first-order valence-corrected chi connectivity index (χ1v) is 6.22. The Morgan fingerprint density at radius 2 is 1.79 bits per heavy atom. The minimum absolute atomic E-state index is 0.433. The van der Waals surface area contributed by atoms with Gasteiger partial charge in [-0.3, -0.25) is 0 Å². The van der Waals surface area contributed by atoms with Crippen LogP contribution in [0.1, 0.15) is 0 Å². The molecule has 0 aliphatic heterocycles. The van der Waals surface area contributed by atoms with Crippen LogP contribution in [0.3, 0.4) is 0 Å². The third kappa shape index (κ3) is 2.25. The van der Waals surface area contributed by atoms with E-state index < -0.39 is 0 Å². The van der Waals surface area contributed by atoms with Crippen molar-refractivity contribution in [3.05, 3.63) is 53.7 Å². The Hall–Kier alpha value is -2.13. The molecule has 0 aliphatic carbocycles. The average molecular weight is 271 g/mol. The zero-order valence-electron chi connectivity index (χ0n) is 10.3. The Morgan fingerprint density at radius 3 is 2.53 bits per heavy atom. The molecule has 0 fully saturated rings. The average Bonchev–Trinajstić information content (AvgIpc) is 2.48. The molecule has 1 aromatic heterocycles. The monoisotopic (exact) mass is 270 g/mol. The number of halogens is 1. The number of rotatable bonds is 2. The molecule has 0 amide bonds. The van der Waals surface area contributed by atoms with Crippen LogP contribution in [0, 0.1) is 0 Å². The van der Waals surface area contributed by atoms with Gasteiger partial charge in [-0.1, -0.05) is 41.9 Å². The van der Waals surface area contributed by atoms with Crippen LogP contribution in [-0.4, -0.2) is 17.1 Å². The highest BCUT2D eigenvalue weighted by Gasteiger charge is 2.08. The number of benzene rings is 2. The highest BCUT2D eigenvalue weighted by atomic mass is 35.5. The zero-order chi connectivity index (χ0) is 13.2. The van der Waals surface area contributed by atoms with E-state index in [1.807, 2.05) is 48.5 Å². The summed E-state index contributed by atoms with van der Waals surface area (Å²) < 4.78 is 5.18. The molecule has 0 N–H and O–H groups in total. The second kappa shape index (κ2) is 4.86. The first-order valence-electron chi connectivity index (χ1n) is 5.84. The molecule has 0 spiro atoms. The van der Waals surface area contributed by atoms with Crippen molar-refractivity contribution in [1.29, 1.82) is 0 Å². The van der Waals surface area contributed by atoms with Crippen molar-refractivity contribution in [2.75, 3.05) is 7.11 Å². The largest absolute Gasteiger partial charge is 0.497 e. The van der Waals surface area contributed by atoms with E-state index in [0.29, 0.717) is 11.0 Å². The molecule has 0 unspecified atom stereocenters. The number of fused-ring (bicyclic) bond motifs is 1. The normalized spacial score (nSPS) is 10.6. The standard InChI is InChI=1S/C15H11ClN2O/c1-19-11-7-8-13-12(9-11)14(16)18-15(17-13)10-5-3-2-4-6-10/h2-9H,1H3. The van der Waals surface area contributed by atoms with Crippen LogP contribution in [0.2, 0.25) is 5.15 Å². The van der Waals surface area contributed by atoms with Crippen molar-refractivity contribution in [3.63, 3.8) is 0 Å². The van der Waals surface area contributed by atoms with Crippen molar-refractivity contribution in [2.24, 2.45) is 0 Å². The van der Waals surface area contributed by atoms with Crippen molar-refractivity contribution < 1.29 is 4.74 Å². The smallest absolute Gasteiger partial charge is 0.161 e. The molecule has 2 aromatic carbocycles. The maximum atomic E-state index is 6.23. The minimum Gasteiger partial charge on any atom is -0.497 e. The molecule has 0 saturated carbocycles. The van der Waals surface area contributed by atoms with Gasteiger partial charge in [-0.15, -0.1) is 0 Å². The van der Waals surface area contributed by atoms with Gasteiger partial charge in [0.25, 0.3) is 0 Å². The van der Waals surface area contributed by atoms with Gasteiger partial charge >= 0.3 is 0 Å². The Labute approximate surface area is 115 Å². The maximum absolute atomic E-state index is 6.23.